The van der Waals surface area contributed by atoms with Crippen molar-refractivity contribution in [2.24, 2.45) is 0 Å². The molecule has 21 heavy (non-hydrogen) atoms. The first-order valence-electron chi connectivity index (χ1n) is 7.03. The van der Waals surface area contributed by atoms with Gasteiger partial charge in [-0.15, -0.1) is 11.3 Å². The molecular formula is C15H18N4OS. The maximum Gasteiger partial charge on any atom is 0.243 e. The zero-order valence-corrected chi connectivity index (χ0v) is 13.0. The molecule has 0 aliphatic heterocycles. The largest absolute Gasteiger partial charge is 0.436 e. The Morgan fingerprint density at radius 2 is 2.29 bits per heavy atom. The zero-order valence-electron chi connectivity index (χ0n) is 12.2. The van der Waals surface area contributed by atoms with Gasteiger partial charge in [-0.2, -0.15) is 4.98 Å². The number of nitrogens with one attached hydrogen (secondary N) is 1. The summed E-state index contributed by atoms with van der Waals surface area (Å²) in [7, 11) is 0. The van der Waals surface area contributed by atoms with E-state index in [4.69, 9.17) is 4.74 Å². The molecule has 5 nitrogen and oxygen atoms in total. The van der Waals surface area contributed by atoms with E-state index in [0.717, 1.165) is 35.9 Å². The molecule has 0 aliphatic carbocycles. The smallest absolute Gasteiger partial charge is 0.243 e. The van der Waals surface area contributed by atoms with Crippen LogP contribution in [0.2, 0.25) is 0 Å². The number of hydrogen-bond donors (Lipinski definition) is 1. The minimum Gasteiger partial charge on any atom is -0.436 e. The van der Waals surface area contributed by atoms with E-state index < -0.39 is 0 Å². The van der Waals surface area contributed by atoms with E-state index in [1.165, 1.54) is 0 Å². The lowest BCUT2D eigenvalue weighted by atomic mass is 10.3. The summed E-state index contributed by atoms with van der Waals surface area (Å²) in [5, 5.41) is 5.43. The fourth-order valence-corrected chi connectivity index (χ4v) is 2.79. The highest BCUT2D eigenvalue weighted by Crippen LogP contribution is 2.27. The molecule has 0 unspecified atom stereocenters. The second-order valence-corrected chi connectivity index (χ2v) is 5.71. The lowest BCUT2D eigenvalue weighted by Gasteiger charge is -2.07. The van der Waals surface area contributed by atoms with Crippen LogP contribution in [0.5, 0.6) is 11.6 Å². The number of aromatic nitrogens is 3. The number of pyridine rings is 1. The number of nitrogens with zero attached hydrogens (tertiary/aromatic N) is 3. The third-order valence-corrected chi connectivity index (χ3v) is 3.90. The predicted octanol–water partition coefficient (Wildman–Crippen LogP) is 3.39. The Hall–Kier alpha value is -1.92. The van der Waals surface area contributed by atoms with Crippen LogP contribution in [0.4, 0.5) is 0 Å². The highest BCUT2D eigenvalue weighted by molar-refractivity contribution is 7.15. The molecule has 0 radical (unpaired) electrons. The highest BCUT2D eigenvalue weighted by Gasteiger charge is 2.15. The average Bonchev–Trinajstić information content (AvgIpc) is 3.04. The molecule has 3 aromatic heterocycles. The van der Waals surface area contributed by atoms with E-state index >= 15 is 0 Å². The van der Waals surface area contributed by atoms with Crippen molar-refractivity contribution in [3.8, 4) is 11.6 Å². The number of ether oxygens (including phenoxy) is 1. The van der Waals surface area contributed by atoms with Crippen LogP contribution in [0.15, 0.2) is 29.9 Å². The zero-order chi connectivity index (χ0) is 14.7. The Kier molecular flexibility index (Phi) is 4.17. The molecule has 6 heteroatoms. The second-order valence-electron chi connectivity index (χ2n) is 4.83. The number of rotatable bonds is 6. The molecule has 0 aliphatic rings. The van der Waals surface area contributed by atoms with E-state index in [0.29, 0.717) is 11.6 Å². The van der Waals surface area contributed by atoms with Gasteiger partial charge in [0, 0.05) is 23.8 Å². The summed E-state index contributed by atoms with van der Waals surface area (Å²) in [6.07, 6.45) is 4.85. The van der Waals surface area contributed by atoms with Gasteiger partial charge < -0.3 is 10.1 Å². The van der Waals surface area contributed by atoms with Crippen molar-refractivity contribution in [2.75, 3.05) is 6.54 Å². The quantitative estimate of drug-likeness (QED) is 0.709. The standard InChI is InChI=1S/C15H18N4OS/c1-3-6-16-10-13-14(18-15-19(13)7-8-21-15)20-12-5-4-11(2)17-9-12/h4-5,7-9,16H,3,6,10H2,1-2H3. The summed E-state index contributed by atoms with van der Waals surface area (Å²) in [4.78, 5) is 9.75. The summed E-state index contributed by atoms with van der Waals surface area (Å²) in [5.74, 6) is 1.36. The minimum absolute atomic E-state index is 0.649. The molecule has 1 N–H and O–H groups in total. The summed E-state index contributed by atoms with van der Waals surface area (Å²) in [5.41, 5.74) is 2.01. The van der Waals surface area contributed by atoms with Gasteiger partial charge in [0.25, 0.3) is 0 Å². The van der Waals surface area contributed by atoms with Gasteiger partial charge in [-0.1, -0.05) is 6.92 Å². The van der Waals surface area contributed by atoms with Crippen LogP contribution in [0.3, 0.4) is 0 Å². The van der Waals surface area contributed by atoms with Gasteiger partial charge in [-0.3, -0.25) is 9.38 Å². The van der Waals surface area contributed by atoms with Crippen LogP contribution in [-0.2, 0) is 6.54 Å². The fourth-order valence-electron chi connectivity index (χ4n) is 2.07. The molecule has 0 spiro atoms. The Labute approximate surface area is 127 Å². The van der Waals surface area contributed by atoms with Gasteiger partial charge in [0.05, 0.1) is 6.20 Å². The Bertz CT molecular complexity index is 717. The normalized spacial score (nSPS) is 11.1. The van der Waals surface area contributed by atoms with Crippen LogP contribution in [0.25, 0.3) is 4.96 Å². The molecule has 0 saturated carbocycles. The van der Waals surface area contributed by atoms with Crippen molar-refractivity contribution >= 4 is 16.3 Å². The molecule has 3 aromatic rings. The molecule has 3 rings (SSSR count). The molecule has 0 bridgehead atoms. The van der Waals surface area contributed by atoms with Gasteiger partial charge in [0.1, 0.15) is 11.4 Å². The van der Waals surface area contributed by atoms with Gasteiger partial charge in [0.2, 0.25) is 5.88 Å². The van der Waals surface area contributed by atoms with Crippen molar-refractivity contribution in [3.63, 3.8) is 0 Å². The first kappa shape index (κ1) is 14.0. The summed E-state index contributed by atoms with van der Waals surface area (Å²) in [6, 6.07) is 3.85. The summed E-state index contributed by atoms with van der Waals surface area (Å²) in [6.45, 7) is 5.82. The van der Waals surface area contributed by atoms with Gasteiger partial charge in [-0.05, 0) is 32.0 Å². The van der Waals surface area contributed by atoms with Crippen LogP contribution in [0.1, 0.15) is 24.7 Å². The number of aryl methyl sites for hydroxylation is 1. The Morgan fingerprint density at radius 1 is 1.38 bits per heavy atom. The Balaban J connectivity index is 1.87. The molecule has 3 heterocycles. The fraction of sp³-hybridized carbons (Fsp3) is 0.333. The van der Waals surface area contributed by atoms with Gasteiger partial charge in [-0.25, -0.2) is 0 Å². The third kappa shape index (κ3) is 3.06. The van der Waals surface area contributed by atoms with E-state index in [-0.39, 0.29) is 0 Å². The van der Waals surface area contributed by atoms with Gasteiger partial charge >= 0.3 is 0 Å². The summed E-state index contributed by atoms with van der Waals surface area (Å²) >= 11 is 1.60. The predicted molar refractivity (Wildman–Crippen MR) is 84.1 cm³/mol. The molecule has 0 saturated heterocycles. The van der Waals surface area contributed by atoms with Gasteiger partial charge in [0.15, 0.2) is 4.96 Å². The van der Waals surface area contributed by atoms with Crippen LogP contribution in [0, 0.1) is 6.92 Å². The minimum atomic E-state index is 0.649. The molecule has 0 fully saturated rings. The number of fused-ring (bicyclic) bond motifs is 1. The second kappa shape index (κ2) is 6.24. The molecule has 0 aromatic carbocycles. The van der Waals surface area contributed by atoms with Crippen molar-refractivity contribution in [1.29, 1.82) is 0 Å². The lowest BCUT2D eigenvalue weighted by molar-refractivity contribution is 0.453. The maximum absolute atomic E-state index is 5.91. The van der Waals surface area contributed by atoms with E-state index in [9.17, 15) is 0 Å². The average molecular weight is 302 g/mol. The van der Waals surface area contributed by atoms with Crippen molar-refractivity contribution in [2.45, 2.75) is 26.8 Å². The third-order valence-electron chi connectivity index (χ3n) is 3.14. The number of hydrogen-bond acceptors (Lipinski definition) is 5. The monoisotopic (exact) mass is 302 g/mol. The molecule has 110 valence electrons. The van der Waals surface area contributed by atoms with Crippen LogP contribution in [-0.4, -0.2) is 20.9 Å². The first-order chi connectivity index (χ1) is 10.3. The number of thiazole rings is 1. The van der Waals surface area contributed by atoms with E-state index in [2.05, 4.69) is 26.6 Å². The SMILES string of the molecule is CCCNCc1c(Oc2ccc(C)nc2)nc2sccn12. The van der Waals surface area contributed by atoms with E-state index in [1.807, 2.05) is 30.6 Å². The topological polar surface area (TPSA) is 51.5 Å². The lowest BCUT2D eigenvalue weighted by Crippen LogP contribution is -2.15. The number of imidazole rings is 1. The van der Waals surface area contributed by atoms with Crippen molar-refractivity contribution in [1.82, 2.24) is 19.7 Å². The Morgan fingerprint density at radius 3 is 3.05 bits per heavy atom. The van der Waals surface area contributed by atoms with Crippen LogP contribution < -0.4 is 10.1 Å². The van der Waals surface area contributed by atoms with Crippen molar-refractivity contribution < 1.29 is 4.74 Å². The summed E-state index contributed by atoms with van der Waals surface area (Å²) < 4.78 is 7.98. The first-order valence-corrected chi connectivity index (χ1v) is 7.91. The molecule has 0 atom stereocenters. The molecular weight excluding hydrogens is 284 g/mol. The highest BCUT2D eigenvalue weighted by atomic mass is 32.1. The maximum atomic E-state index is 5.91. The molecule has 0 amide bonds. The van der Waals surface area contributed by atoms with E-state index in [1.54, 1.807) is 17.5 Å². The van der Waals surface area contributed by atoms with Crippen LogP contribution >= 0.6 is 11.3 Å². The van der Waals surface area contributed by atoms with Crippen molar-refractivity contribution in [3.05, 3.63) is 41.3 Å².